The maximum absolute atomic E-state index is 5.34. The van der Waals surface area contributed by atoms with Gasteiger partial charge in [-0.2, -0.15) is 0 Å². The lowest BCUT2D eigenvalue weighted by atomic mass is 10.2. The number of methoxy groups -OCH3 is 2. The molecule has 0 aromatic carbocycles. The fraction of sp³-hybridized carbons (Fsp3) is 0.600. The topological polar surface area (TPSA) is 82.3 Å². The third-order valence-corrected chi connectivity index (χ3v) is 2.18. The number of anilines is 1. The van der Waals surface area contributed by atoms with Crippen LogP contribution in [-0.4, -0.2) is 24.2 Å². The van der Waals surface area contributed by atoms with Crippen molar-refractivity contribution in [1.82, 2.24) is 9.97 Å². The summed E-state index contributed by atoms with van der Waals surface area (Å²) in [5.74, 6) is 6.53. The van der Waals surface area contributed by atoms with Gasteiger partial charge < -0.3 is 14.9 Å². The fourth-order valence-electron chi connectivity index (χ4n) is 1.41. The number of hydrogen-bond donors (Lipinski definition) is 2. The maximum atomic E-state index is 5.34. The van der Waals surface area contributed by atoms with Gasteiger partial charge >= 0.3 is 0 Å². The van der Waals surface area contributed by atoms with Gasteiger partial charge in [-0.1, -0.05) is 6.92 Å². The number of nitrogens with one attached hydrogen (secondary N) is 1. The highest BCUT2D eigenvalue weighted by atomic mass is 16.5. The zero-order chi connectivity index (χ0) is 12.0. The molecule has 0 radical (unpaired) electrons. The van der Waals surface area contributed by atoms with Gasteiger partial charge in [0, 0.05) is 20.3 Å². The second-order valence-corrected chi connectivity index (χ2v) is 3.31. The minimum Gasteiger partial charge on any atom is -0.378 e. The smallest absolute Gasteiger partial charge is 0.159 e. The van der Waals surface area contributed by atoms with E-state index in [-0.39, 0.29) is 6.10 Å². The number of hydrogen-bond acceptors (Lipinski definition) is 6. The third kappa shape index (κ3) is 3.13. The molecule has 0 aliphatic carbocycles. The van der Waals surface area contributed by atoms with Gasteiger partial charge in [0.25, 0.3) is 0 Å². The van der Waals surface area contributed by atoms with Crippen LogP contribution in [0.25, 0.3) is 0 Å². The molecule has 1 unspecified atom stereocenters. The lowest BCUT2D eigenvalue weighted by Crippen LogP contribution is -2.14. The van der Waals surface area contributed by atoms with Crippen molar-refractivity contribution in [2.45, 2.75) is 26.1 Å². The van der Waals surface area contributed by atoms with Gasteiger partial charge in [-0.25, -0.2) is 15.8 Å². The van der Waals surface area contributed by atoms with Crippen molar-refractivity contribution in [1.29, 1.82) is 0 Å². The van der Waals surface area contributed by atoms with E-state index in [4.69, 9.17) is 15.3 Å². The maximum Gasteiger partial charge on any atom is 0.159 e. The number of rotatable bonds is 6. The summed E-state index contributed by atoms with van der Waals surface area (Å²) in [5.41, 5.74) is 3.28. The van der Waals surface area contributed by atoms with E-state index < -0.39 is 0 Å². The first kappa shape index (κ1) is 12.8. The molecule has 3 N–H and O–H groups in total. The van der Waals surface area contributed by atoms with Crippen LogP contribution >= 0.6 is 0 Å². The summed E-state index contributed by atoms with van der Waals surface area (Å²) < 4.78 is 10.3. The number of nitrogens with zero attached hydrogens (tertiary/aromatic N) is 2. The van der Waals surface area contributed by atoms with E-state index in [9.17, 15) is 0 Å². The molecule has 0 saturated carbocycles. The lowest BCUT2D eigenvalue weighted by molar-refractivity contribution is 0.0918. The Hall–Kier alpha value is -1.24. The van der Waals surface area contributed by atoms with E-state index in [0.29, 0.717) is 18.2 Å². The van der Waals surface area contributed by atoms with Crippen molar-refractivity contribution in [3.63, 3.8) is 0 Å². The summed E-state index contributed by atoms with van der Waals surface area (Å²) in [4.78, 5) is 8.60. The predicted molar refractivity (Wildman–Crippen MR) is 60.6 cm³/mol. The van der Waals surface area contributed by atoms with Gasteiger partial charge in [-0.05, 0) is 6.42 Å². The minimum absolute atomic E-state index is 0.121. The van der Waals surface area contributed by atoms with Gasteiger partial charge in [0.1, 0.15) is 11.9 Å². The largest absolute Gasteiger partial charge is 0.378 e. The zero-order valence-corrected chi connectivity index (χ0v) is 9.86. The number of nitrogens with two attached hydrogens (primary N) is 1. The second kappa shape index (κ2) is 6.37. The van der Waals surface area contributed by atoms with Crippen LogP contribution in [0.5, 0.6) is 0 Å². The molecule has 1 aromatic heterocycles. The van der Waals surface area contributed by atoms with Gasteiger partial charge in [0.05, 0.1) is 12.3 Å². The molecule has 0 fully saturated rings. The first-order chi connectivity index (χ1) is 7.74. The Labute approximate surface area is 95.1 Å². The molecule has 0 aliphatic heterocycles. The molecule has 1 heterocycles. The van der Waals surface area contributed by atoms with Crippen LogP contribution in [0.15, 0.2) is 6.07 Å². The molecule has 6 nitrogen and oxygen atoms in total. The van der Waals surface area contributed by atoms with Gasteiger partial charge in [-0.15, -0.1) is 0 Å². The van der Waals surface area contributed by atoms with Crippen LogP contribution in [0.3, 0.4) is 0 Å². The summed E-state index contributed by atoms with van der Waals surface area (Å²) in [6, 6.07) is 1.75. The SMILES string of the molecule is CCC(OC)c1nc(COC)cc(NN)n1. The molecular formula is C10H18N4O2. The van der Waals surface area contributed by atoms with Crippen LogP contribution in [0.2, 0.25) is 0 Å². The van der Waals surface area contributed by atoms with Gasteiger partial charge in [0.2, 0.25) is 0 Å². The molecule has 6 heteroatoms. The number of aromatic nitrogens is 2. The Morgan fingerprint density at radius 3 is 2.69 bits per heavy atom. The average molecular weight is 226 g/mol. The van der Waals surface area contributed by atoms with Crippen LogP contribution in [0, 0.1) is 0 Å². The summed E-state index contributed by atoms with van der Waals surface area (Å²) in [7, 11) is 3.25. The van der Waals surface area contributed by atoms with Crippen LogP contribution in [0.1, 0.15) is 31.0 Å². The Morgan fingerprint density at radius 2 is 2.19 bits per heavy atom. The molecule has 1 rings (SSSR count). The van der Waals surface area contributed by atoms with Crippen molar-refractivity contribution in [3.05, 3.63) is 17.6 Å². The molecule has 16 heavy (non-hydrogen) atoms. The predicted octanol–water partition coefficient (Wildman–Crippen LogP) is 1.01. The first-order valence-electron chi connectivity index (χ1n) is 5.11. The third-order valence-electron chi connectivity index (χ3n) is 2.18. The van der Waals surface area contributed by atoms with Crippen molar-refractivity contribution >= 4 is 5.82 Å². The lowest BCUT2D eigenvalue weighted by Gasteiger charge is -2.13. The Morgan fingerprint density at radius 1 is 1.44 bits per heavy atom. The normalized spacial score (nSPS) is 12.5. The monoisotopic (exact) mass is 226 g/mol. The van der Waals surface area contributed by atoms with E-state index in [1.54, 1.807) is 20.3 Å². The Bertz CT molecular complexity index is 329. The first-order valence-corrected chi connectivity index (χ1v) is 5.11. The van der Waals surface area contributed by atoms with E-state index in [2.05, 4.69) is 15.4 Å². The zero-order valence-electron chi connectivity index (χ0n) is 9.86. The number of hydrazine groups is 1. The van der Waals surface area contributed by atoms with Crippen LogP contribution < -0.4 is 11.3 Å². The summed E-state index contributed by atoms with van der Waals surface area (Å²) in [6.45, 7) is 2.43. The summed E-state index contributed by atoms with van der Waals surface area (Å²) in [5, 5.41) is 0. The number of nitrogen functional groups attached to an aromatic ring is 1. The number of ether oxygens (including phenoxy) is 2. The molecule has 1 aromatic rings. The van der Waals surface area contributed by atoms with E-state index in [1.165, 1.54) is 0 Å². The van der Waals surface area contributed by atoms with Crippen molar-refractivity contribution in [2.24, 2.45) is 5.84 Å². The fourth-order valence-corrected chi connectivity index (χ4v) is 1.41. The highest BCUT2D eigenvalue weighted by Gasteiger charge is 2.13. The molecule has 90 valence electrons. The van der Waals surface area contributed by atoms with Gasteiger partial charge in [-0.3, -0.25) is 0 Å². The van der Waals surface area contributed by atoms with Crippen molar-refractivity contribution in [3.8, 4) is 0 Å². The molecule has 0 amide bonds. The van der Waals surface area contributed by atoms with E-state index in [1.807, 2.05) is 6.92 Å². The Kier molecular flexibility index (Phi) is 5.10. The van der Waals surface area contributed by atoms with Crippen LogP contribution in [-0.2, 0) is 16.1 Å². The van der Waals surface area contributed by atoms with Crippen molar-refractivity contribution in [2.75, 3.05) is 19.6 Å². The minimum atomic E-state index is -0.121. The summed E-state index contributed by atoms with van der Waals surface area (Å²) in [6.07, 6.45) is 0.681. The standard InChI is InChI=1S/C10H18N4O2/c1-4-8(16-3)10-12-7(6-15-2)5-9(13-10)14-11/h5,8H,4,6,11H2,1-3H3,(H,12,13,14). The highest BCUT2D eigenvalue weighted by molar-refractivity contribution is 5.34. The molecule has 0 saturated heterocycles. The summed E-state index contributed by atoms with van der Waals surface area (Å²) >= 11 is 0. The van der Waals surface area contributed by atoms with E-state index >= 15 is 0 Å². The Balaban J connectivity index is 3.02. The quantitative estimate of drug-likeness (QED) is 0.556. The molecule has 1 atom stereocenters. The van der Waals surface area contributed by atoms with Crippen LogP contribution in [0.4, 0.5) is 5.82 Å². The molecule has 0 aliphatic rings. The molecular weight excluding hydrogens is 208 g/mol. The van der Waals surface area contributed by atoms with E-state index in [0.717, 1.165) is 12.1 Å². The highest BCUT2D eigenvalue weighted by Crippen LogP contribution is 2.18. The molecule has 0 spiro atoms. The molecule has 0 bridgehead atoms. The van der Waals surface area contributed by atoms with Gasteiger partial charge in [0.15, 0.2) is 5.82 Å². The second-order valence-electron chi connectivity index (χ2n) is 3.31. The average Bonchev–Trinajstić information content (AvgIpc) is 2.31. The van der Waals surface area contributed by atoms with Crippen molar-refractivity contribution < 1.29 is 9.47 Å².